The fourth-order valence-electron chi connectivity index (χ4n) is 1.60. The minimum atomic E-state index is -4.14. The first-order valence-corrected chi connectivity index (χ1v) is 6.25. The normalized spacial score (nSPS) is 11.4. The zero-order chi connectivity index (χ0) is 14.3. The van der Waals surface area contributed by atoms with Crippen molar-refractivity contribution >= 4 is 5.82 Å². The number of hydrogen-bond acceptors (Lipinski definition) is 4. The van der Waals surface area contributed by atoms with E-state index in [1.165, 1.54) is 6.33 Å². The average Bonchev–Trinajstić information content (AvgIpc) is 2.34. The molecule has 4 nitrogen and oxygen atoms in total. The molecule has 0 aliphatic heterocycles. The Balaban J connectivity index is 2.60. The molecule has 0 spiro atoms. The lowest BCUT2D eigenvalue weighted by Crippen LogP contribution is -2.11. The van der Waals surface area contributed by atoms with E-state index in [2.05, 4.69) is 15.3 Å². The minimum absolute atomic E-state index is 0.00487. The molecule has 0 fully saturated rings. The van der Waals surface area contributed by atoms with Gasteiger partial charge in [0.25, 0.3) is 0 Å². The van der Waals surface area contributed by atoms with E-state index in [0.29, 0.717) is 24.7 Å². The molecule has 1 heterocycles. The lowest BCUT2D eigenvalue weighted by Gasteiger charge is -2.13. The number of nitrogens with zero attached hydrogens (tertiary/aromatic N) is 2. The van der Waals surface area contributed by atoms with Crippen LogP contribution in [0.3, 0.4) is 0 Å². The van der Waals surface area contributed by atoms with Crippen LogP contribution in [-0.2, 0) is 6.42 Å². The molecule has 0 aliphatic carbocycles. The summed E-state index contributed by atoms with van der Waals surface area (Å²) in [4.78, 5) is 8.06. The predicted octanol–water partition coefficient (Wildman–Crippen LogP) is 3.19. The number of nitrogens with one attached hydrogen (secondary N) is 1. The third kappa shape index (κ3) is 5.32. The van der Waals surface area contributed by atoms with Crippen LogP contribution in [0.2, 0.25) is 0 Å². The van der Waals surface area contributed by atoms with Gasteiger partial charge in [-0.25, -0.2) is 9.97 Å². The molecule has 108 valence electrons. The van der Waals surface area contributed by atoms with Crippen molar-refractivity contribution in [3.05, 3.63) is 11.9 Å². The zero-order valence-electron chi connectivity index (χ0n) is 11.0. The van der Waals surface area contributed by atoms with Crippen molar-refractivity contribution in [3.8, 4) is 5.88 Å². The fourth-order valence-corrected chi connectivity index (χ4v) is 1.60. The van der Waals surface area contributed by atoms with Crippen LogP contribution in [0.5, 0.6) is 5.88 Å². The van der Waals surface area contributed by atoms with Crippen LogP contribution in [0, 0.1) is 0 Å². The molecule has 19 heavy (non-hydrogen) atoms. The Bertz CT molecular complexity index is 396. The van der Waals surface area contributed by atoms with Gasteiger partial charge in [0.1, 0.15) is 12.1 Å². The summed E-state index contributed by atoms with van der Waals surface area (Å²) in [5.74, 6) is 1.03. The van der Waals surface area contributed by atoms with Gasteiger partial charge < -0.3 is 10.1 Å². The van der Waals surface area contributed by atoms with Crippen molar-refractivity contribution in [3.63, 3.8) is 0 Å². The average molecular weight is 277 g/mol. The summed E-state index contributed by atoms with van der Waals surface area (Å²) in [5, 5.41) is 3.07. The van der Waals surface area contributed by atoms with E-state index in [9.17, 15) is 13.2 Å². The van der Waals surface area contributed by atoms with Crippen LogP contribution in [0.4, 0.5) is 19.0 Å². The number of alkyl halides is 3. The Labute approximate surface area is 110 Å². The lowest BCUT2D eigenvalue weighted by molar-refractivity contribution is -0.136. The molecule has 7 heteroatoms. The van der Waals surface area contributed by atoms with Gasteiger partial charge >= 0.3 is 6.18 Å². The molecule has 1 rings (SSSR count). The van der Waals surface area contributed by atoms with E-state index < -0.39 is 12.6 Å². The van der Waals surface area contributed by atoms with E-state index in [1.54, 1.807) is 0 Å². The van der Waals surface area contributed by atoms with E-state index in [0.717, 1.165) is 5.56 Å². The van der Waals surface area contributed by atoms with E-state index in [-0.39, 0.29) is 13.0 Å². The van der Waals surface area contributed by atoms with E-state index in [1.807, 2.05) is 13.8 Å². The molecule has 0 amide bonds. The monoisotopic (exact) mass is 277 g/mol. The van der Waals surface area contributed by atoms with Crippen LogP contribution in [0.15, 0.2) is 6.33 Å². The molecule has 0 aliphatic rings. The Hall–Kier alpha value is -1.53. The summed E-state index contributed by atoms with van der Waals surface area (Å²) >= 11 is 0. The Morgan fingerprint density at radius 2 is 2.00 bits per heavy atom. The summed E-state index contributed by atoms with van der Waals surface area (Å²) in [6.45, 7) is 4.56. The molecule has 0 saturated carbocycles. The zero-order valence-corrected chi connectivity index (χ0v) is 11.0. The first kappa shape index (κ1) is 15.5. The summed E-state index contributed by atoms with van der Waals surface area (Å²) in [6, 6.07) is 0. The van der Waals surface area contributed by atoms with E-state index >= 15 is 0 Å². The van der Waals surface area contributed by atoms with Crippen molar-refractivity contribution in [2.45, 2.75) is 39.3 Å². The van der Waals surface area contributed by atoms with Gasteiger partial charge in [-0.1, -0.05) is 6.92 Å². The van der Waals surface area contributed by atoms with E-state index in [4.69, 9.17) is 4.74 Å². The number of halogens is 3. The van der Waals surface area contributed by atoms with Gasteiger partial charge in [-0.3, -0.25) is 0 Å². The topological polar surface area (TPSA) is 47.0 Å². The molecule has 0 saturated heterocycles. The van der Waals surface area contributed by atoms with Gasteiger partial charge in [-0.2, -0.15) is 13.2 Å². The maximum absolute atomic E-state index is 12.0. The molecule has 0 radical (unpaired) electrons. The first-order valence-electron chi connectivity index (χ1n) is 6.25. The highest BCUT2D eigenvalue weighted by Crippen LogP contribution is 2.24. The number of anilines is 1. The van der Waals surface area contributed by atoms with Gasteiger partial charge in [0, 0.05) is 13.0 Å². The van der Waals surface area contributed by atoms with Crippen molar-refractivity contribution < 1.29 is 17.9 Å². The molecule has 0 atom stereocenters. The van der Waals surface area contributed by atoms with Gasteiger partial charge in [-0.15, -0.1) is 0 Å². The quantitative estimate of drug-likeness (QED) is 0.777. The van der Waals surface area contributed by atoms with Crippen molar-refractivity contribution in [1.29, 1.82) is 0 Å². The molecule has 1 aromatic rings. The number of aromatic nitrogens is 2. The second-order valence-corrected chi connectivity index (χ2v) is 3.96. The Kier molecular flexibility index (Phi) is 5.85. The summed E-state index contributed by atoms with van der Waals surface area (Å²) in [7, 11) is 0. The standard InChI is InChI=1S/C12H18F3N3O/c1-3-9-10(16-4-2)17-8-18-11(9)19-7-5-6-12(13,14)15/h8H,3-7H2,1-2H3,(H,16,17,18). The van der Waals surface area contributed by atoms with Gasteiger partial charge in [0.15, 0.2) is 0 Å². The molecular formula is C12H18F3N3O. The summed E-state index contributed by atoms with van der Waals surface area (Å²) in [6.07, 6.45) is -3.07. The first-order chi connectivity index (χ1) is 8.98. The largest absolute Gasteiger partial charge is 0.477 e. The second kappa shape index (κ2) is 7.16. The third-order valence-corrected chi connectivity index (χ3v) is 2.45. The van der Waals surface area contributed by atoms with Crippen LogP contribution in [-0.4, -0.2) is 29.3 Å². The van der Waals surface area contributed by atoms with Crippen molar-refractivity contribution in [2.75, 3.05) is 18.5 Å². The predicted molar refractivity (Wildman–Crippen MR) is 66.4 cm³/mol. The van der Waals surface area contributed by atoms with Crippen LogP contribution in [0.1, 0.15) is 32.3 Å². The fraction of sp³-hybridized carbons (Fsp3) is 0.667. The smallest absolute Gasteiger partial charge is 0.389 e. The number of ether oxygens (including phenoxy) is 1. The molecule has 0 unspecified atom stereocenters. The number of rotatable bonds is 7. The summed E-state index contributed by atoms with van der Waals surface area (Å²) in [5.41, 5.74) is 0.788. The maximum atomic E-state index is 12.0. The molecule has 1 N–H and O–H groups in total. The van der Waals surface area contributed by atoms with Crippen LogP contribution in [0.25, 0.3) is 0 Å². The van der Waals surface area contributed by atoms with Gasteiger partial charge in [0.05, 0.1) is 12.2 Å². The molecule has 0 aromatic carbocycles. The lowest BCUT2D eigenvalue weighted by atomic mass is 10.2. The maximum Gasteiger partial charge on any atom is 0.389 e. The Morgan fingerprint density at radius 1 is 1.26 bits per heavy atom. The third-order valence-electron chi connectivity index (χ3n) is 2.45. The molecule has 0 bridgehead atoms. The highest BCUT2D eigenvalue weighted by molar-refractivity contribution is 5.48. The number of hydrogen-bond donors (Lipinski definition) is 1. The van der Waals surface area contributed by atoms with Crippen molar-refractivity contribution in [1.82, 2.24) is 9.97 Å². The van der Waals surface area contributed by atoms with Gasteiger partial charge in [-0.05, 0) is 19.8 Å². The van der Waals surface area contributed by atoms with Crippen LogP contribution < -0.4 is 10.1 Å². The molecule has 1 aromatic heterocycles. The van der Waals surface area contributed by atoms with Gasteiger partial charge in [0.2, 0.25) is 5.88 Å². The minimum Gasteiger partial charge on any atom is -0.477 e. The van der Waals surface area contributed by atoms with Crippen LogP contribution >= 0.6 is 0 Å². The molecular weight excluding hydrogens is 259 g/mol. The summed E-state index contributed by atoms with van der Waals surface area (Å²) < 4.78 is 41.3. The highest BCUT2D eigenvalue weighted by Gasteiger charge is 2.26. The SMILES string of the molecule is CCNc1ncnc(OCCCC(F)(F)F)c1CC. The van der Waals surface area contributed by atoms with Crippen molar-refractivity contribution in [2.24, 2.45) is 0 Å². The second-order valence-electron chi connectivity index (χ2n) is 3.96. The highest BCUT2D eigenvalue weighted by atomic mass is 19.4. The Morgan fingerprint density at radius 3 is 2.58 bits per heavy atom.